The fourth-order valence-electron chi connectivity index (χ4n) is 2.80. The van der Waals surface area contributed by atoms with Crippen LogP contribution in [0, 0.1) is 0 Å². The van der Waals surface area contributed by atoms with Crippen LogP contribution in [0.2, 0.25) is 5.02 Å². The van der Waals surface area contributed by atoms with E-state index in [0.717, 1.165) is 33.0 Å². The van der Waals surface area contributed by atoms with Gasteiger partial charge >= 0.3 is 0 Å². The number of halogens is 1. The van der Waals surface area contributed by atoms with E-state index >= 15 is 0 Å². The van der Waals surface area contributed by atoms with Gasteiger partial charge in [0, 0.05) is 16.8 Å². The SMILES string of the molecule is COc1cccc(C=Nc2nc(-c3ccc(Cl)cc3)c(-c3ccccc3)s2)c1. The first-order valence-electron chi connectivity index (χ1n) is 8.73. The van der Waals surface area contributed by atoms with Crippen LogP contribution in [0.25, 0.3) is 21.7 Å². The molecular formula is C23H17ClN2OS. The van der Waals surface area contributed by atoms with Crippen molar-refractivity contribution in [1.29, 1.82) is 0 Å². The van der Waals surface area contributed by atoms with Crippen molar-refractivity contribution in [2.24, 2.45) is 4.99 Å². The third-order valence-corrected chi connectivity index (χ3v) is 5.45. The smallest absolute Gasteiger partial charge is 0.210 e. The molecule has 4 rings (SSSR count). The number of aliphatic imine (C=N–C) groups is 1. The Hall–Kier alpha value is -2.95. The average Bonchev–Trinajstić information content (AvgIpc) is 3.18. The number of nitrogens with zero attached hydrogens (tertiary/aromatic N) is 2. The second-order valence-corrected chi connectivity index (χ2v) is 7.50. The van der Waals surface area contributed by atoms with Crippen LogP contribution in [0.3, 0.4) is 0 Å². The summed E-state index contributed by atoms with van der Waals surface area (Å²) in [7, 11) is 1.65. The minimum Gasteiger partial charge on any atom is -0.497 e. The van der Waals surface area contributed by atoms with Gasteiger partial charge in [-0.1, -0.05) is 77.5 Å². The summed E-state index contributed by atoms with van der Waals surface area (Å²) in [6.45, 7) is 0. The van der Waals surface area contributed by atoms with Crippen LogP contribution in [0.4, 0.5) is 5.13 Å². The highest BCUT2D eigenvalue weighted by Gasteiger charge is 2.14. The predicted octanol–water partition coefficient (Wildman–Crippen LogP) is 6.89. The fraction of sp³-hybridized carbons (Fsp3) is 0.0435. The van der Waals surface area contributed by atoms with E-state index in [2.05, 4.69) is 17.1 Å². The van der Waals surface area contributed by atoms with Gasteiger partial charge in [0.25, 0.3) is 0 Å². The van der Waals surface area contributed by atoms with Crippen LogP contribution in [-0.2, 0) is 0 Å². The van der Waals surface area contributed by atoms with Crippen molar-refractivity contribution in [3.05, 3.63) is 89.4 Å². The monoisotopic (exact) mass is 404 g/mol. The van der Waals surface area contributed by atoms with Crippen molar-refractivity contribution >= 4 is 34.3 Å². The minimum absolute atomic E-state index is 0.701. The molecule has 3 nitrogen and oxygen atoms in total. The first-order chi connectivity index (χ1) is 13.7. The lowest BCUT2D eigenvalue weighted by Gasteiger charge is -2.02. The Morgan fingerprint density at radius 1 is 0.929 bits per heavy atom. The molecule has 1 aromatic heterocycles. The number of hydrogen-bond acceptors (Lipinski definition) is 4. The predicted molar refractivity (Wildman–Crippen MR) is 118 cm³/mol. The van der Waals surface area contributed by atoms with Gasteiger partial charge in [0.05, 0.1) is 17.7 Å². The second-order valence-electron chi connectivity index (χ2n) is 6.08. The standard InChI is InChI=1S/C23H17ClN2OS/c1-27-20-9-5-6-16(14-20)15-25-23-26-21(17-10-12-19(24)13-11-17)22(28-23)18-7-3-2-4-8-18/h2-15H,1H3. The van der Waals surface area contributed by atoms with E-state index in [1.165, 1.54) is 0 Å². The van der Waals surface area contributed by atoms with Gasteiger partial charge in [0.15, 0.2) is 0 Å². The highest BCUT2D eigenvalue weighted by molar-refractivity contribution is 7.19. The van der Waals surface area contributed by atoms with Gasteiger partial charge in [-0.25, -0.2) is 9.98 Å². The average molecular weight is 405 g/mol. The molecule has 0 aliphatic rings. The zero-order valence-corrected chi connectivity index (χ0v) is 16.7. The quantitative estimate of drug-likeness (QED) is 0.339. The molecule has 0 N–H and O–H groups in total. The minimum atomic E-state index is 0.701. The van der Waals surface area contributed by atoms with Gasteiger partial charge in [0.1, 0.15) is 5.75 Å². The molecule has 0 saturated carbocycles. The van der Waals surface area contributed by atoms with Gasteiger partial charge in [-0.15, -0.1) is 0 Å². The number of ether oxygens (including phenoxy) is 1. The van der Waals surface area contributed by atoms with Crippen LogP contribution in [0.15, 0.2) is 83.9 Å². The van der Waals surface area contributed by atoms with Crippen LogP contribution in [-0.4, -0.2) is 18.3 Å². The van der Waals surface area contributed by atoms with Gasteiger partial charge < -0.3 is 4.74 Å². The molecule has 0 aliphatic heterocycles. The maximum Gasteiger partial charge on any atom is 0.210 e. The van der Waals surface area contributed by atoms with Crippen LogP contribution in [0.5, 0.6) is 5.75 Å². The lowest BCUT2D eigenvalue weighted by atomic mass is 10.1. The summed E-state index contributed by atoms with van der Waals surface area (Å²) in [6.07, 6.45) is 1.81. The summed E-state index contributed by atoms with van der Waals surface area (Å²) < 4.78 is 5.27. The third-order valence-electron chi connectivity index (χ3n) is 4.19. The van der Waals surface area contributed by atoms with E-state index in [9.17, 15) is 0 Å². The molecule has 0 aliphatic carbocycles. The van der Waals surface area contributed by atoms with Crippen molar-refractivity contribution in [2.45, 2.75) is 0 Å². The van der Waals surface area contributed by atoms with E-state index in [0.29, 0.717) is 10.2 Å². The lowest BCUT2D eigenvalue weighted by Crippen LogP contribution is -1.85. The number of aromatic nitrogens is 1. The number of methoxy groups -OCH3 is 1. The molecule has 0 atom stereocenters. The van der Waals surface area contributed by atoms with E-state index in [1.54, 1.807) is 18.4 Å². The summed E-state index contributed by atoms with van der Waals surface area (Å²) in [5.74, 6) is 0.801. The van der Waals surface area contributed by atoms with Crippen molar-refractivity contribution in [3.63, 3.8) is 0 Å². The van der Waals surface area contributed by atoms with Crippen molar-refractivity contribution in [1.82, 2.24) is 4.98 Å². The molecule has 0 spiro atoms. The zero-order valence-electron chi connectivity index (χ0n) is 15.2. The number of rotatable bonds is 5. The first-order valence-corrected chi connectivity index (χ1v) is 9.93. The maximum absolute atomic E-state index is 6.05. The summed E-state index contributed by atoms with van der Waals surface area (Å²) in [5, 5.41) is 1.41. The molecule has 0 amide bonds. The second kappa shape index (κ2) is 8.38. The van der Waals surface area contributed by atoms with E-state index in [1.807, 2.05) is 72.9 Å². The van der Waals surface area contributed by atoms with Crippen LogP contribution >= 0.6 is 22.9 Å². The Kier molecular flexibility index (Phi) is 5.51. The Balaban J connectivity index is 1.74. The van der Waals surface area contributed by atoms with Crippen molar-refractivity contribution in [2.75, 3.05) is 7.11 Å². The number of thiazole rings is 1. The Labute approximate surface area is 173 Å². The van der Waals surface area contributed by atoms with Crippen molar-refractivity contribution in [3.8, 4) is 27.4 Å². The molecule has 4 aromatic rings. The first kappa shape index (κ1) is 18.4. The Morgan fingerprint density at radius 3 is 2.46 bits per heavy atom. The molecule has 0 fully saturated rings. The molecule has 5 heteroatoms. The molecule has 28 heavy (non-hydrogen) atoms. The molecular weight excluding hydrogens is 388 g/mol. The van der Waals surface area contributed by atoms with Crippen molar-refractivity contribution < 1.29 is 4.74 Å². The van der Waals surface area contributed by atoms with E-state index in [4.69, 9.17) is 21.3 Å². The molecule has 3 aromatic carbocycles. The van der Waals surface area contributed by atoms with Gasteiger partial charge in [-0.05, 0) is 35.4 Å². The fourth-order valence-corrected chi connectivity index (χ4v) is 3.87. The molecule has 0 saturated heterocycles. The topological polar surface area (TPSA) is 34.5 Å². The number of hydrogen-bond donors (Lipinski definition) is 0. The van der Waals surface area contributed by atoms with Gasteiger partial charge in [-0.2, -0.15) is 0 Å². The zero-order chi connectivity index (χ0) is 19.3. The summed E-state index contributed by atoms with van der Waals surface area (Å²) >= 11 is 7.62. The van der Waals surface area contributed by atoms with E-state index in [-0.39, 0.29) is 0 Å². The normalized spacial score (nSPS) is 11.1. The largest absolute Gasteiger partial charge is 0.497 e. The summed E-state index contributed by atoms with van der Waals surface area (Å²) in [5.41, 5.74) is 4.00. The summed E-state index contributed by atoms with van der Waals surface area (Å²) in [6, 6.07) is 25.7. The molecule has 0 bridgehead atoms. The van der Waals surface area contributed by atoms with Gasteiger partial charge in [-0.3, -0.25) is 0 Å². The Bertz CT molecular complexity index is 1110. The number of benzene rings is 3. The molecule has 138 valence electrons. The Morgan fingerprint density at radius 2 is 1.71 bits per heavy atom. The van der Waals surface area contributed by atoms with E-state index < -0.39 is 0 Å². The van der Waals surface area contributed by atoms with Crippen LogP contribution in [0.1, 0.15) is 5.56 Å². The highest BCUT2D eigenvalue weighted by Crippen LogP contribution is 2.40. The highest BCUT2D eigenvalue weighted by atomic mass is 35.5. The van der Waals surface area contributed by atoms with Crippen LogP contribution < -0.4 is 4.74 Å². The lowest BCUT2D eigenvalue weighted by molar-refractivity contribution is 0.415. The molecule has 0 unspecified atom stereocenters. The maximum atomic E-state index is 6.05. The third kappa shape index (κ3) is 4.14. The molecule has 1 heterocycles. The molecule has 0 radical (unpaired) electrons. The van der Waals surface area contributed by atoms with Gasteiger partial charge in [0.2, 0.25) is 5.13 Å². The summed E-state index contributed by atoms with van der Waals surface area (Å²) in [4.78, 5) is 10.5.